The van der Waals surface area contributed by atoms with Crippen molar-refractivity contribution < 1.29 is 4.42 Å². The summed E-state index contributed by atoms with van der Waals surface area (Å²) in [5, 5.41) is 7.48. The van der Waals surface area contributed by atoms with Crippen molar-refractivity contribution in [1.29, 1.82) is 0 Å². The molecule has 11 rings (SSSR count). The number of hydrogen-bond donors (Lipinski definition) is 0. The van der Waals surface area contributed by atoms with E-state index in [0.29, 0.717) is 0 Å². The maximum atomic E-state index is 6.32. The Kier molecular flexibility index (Phi) is 6.16. The van der Waals surface area contributed by atoms with Gasteiger partial charge >= 0.3 is 0 Å². The summed E-state index contributed by atoms with van der Waals surface area (Å²) >= 11 is 1.86. The summed E-state index contributed by atoms with van der Waals surface area (Å²) in [5.41, 5.74) is 12.5. The minimum absolute atomic E-state index is 0.921. The van der Waals surface area contributed by atoms with Crippen LogP contribution >= 0.6 is 11.3 Å². The zero-order chi connectivity index (χ0) is 33.5. The van der Waals surface area contributed by atoms with E-state index in [2.05, 4.69) is 168 Å². The van der Waals surface area contributed by atoms with Crippen LogP contribution in [0.5, 0.6) is 0 Å². The number of aromatic nitrogens is 1. The van der Waals surface area contributed by atoms with Crippen LogP contribution in [0.3, 0.4) is 0 Å². The molecule has 3 aromatic heterocycles. The second-order valence-electron chi connectivity index (χ2n) is 13.3. The molecule has 3 heteroatoms. The first-order valence-corrected chi connectivity index (χ1v) is 18.1. The van der Waals surface area contributed by atoms with E-state index in [4.69, 9.17) is 4.42 Å². The monoisotopic (exact) mass is 667 g/mol. The summed E-state index contributed by atoms with van der Waals surface area (Å²) < 4.78 is 11.4. The minimum Gasteiger partial charge on any atom is -0.455 e. The Balaban J connectivity index is 0.953. The van der Waals surface area contributed by atoms with E-state index in [-0.39, 0.29) is 0 Å². The van der Waals surface area contributed by atoms with E-state index >= 15 is 0 Å². The summed E-state index contributed by atoms with van der Waals surface area (Å²) in [4.78, 5) is 0. The van der Waals surface area contributed by atoms with E-state index < -0.39 is 0 Å². The van der Waals surface area contributed by atoms with Crippen LogP contribution in [0.2, 0.25) is 0 Å². The summed E-state index contributed by atoms with van der Waals surface area (Å²) in [5.74, 6) is 0. The van der Waals surface area contributed by atoms with Gasteiger partial charge in [0, 0.05) is 53.0 Å². The minimum atomic E-state index is 0.921. The van der Waals surface area contributed by atoms with E-state index in [1.54, 1.807) is 0 Å². The van der Waals surface area contributed by atoms with Crippen LogP contribution in [0.4, 0.5) is 0 Å². The Morgan fingerprint density at radius 1 is 0.373 bits per heavy atom. The van der Waals surface area contributed by atoms with E-state index in [9.17, 15) is 0 Å². The highest BCUT2D eigenvalue weighted by Crippen LogP contribution is 2.40. The summed E-state index contributed by atoms with van der Waals surface area (Å²) in [6.45, 7) is 0. The smallest absolute Gasteiger partial charge is 0.143 e. The average molecular weight is 668 g/mol. The second-order valence-corrected chi connectivity index (χ2v) is 14.4. The number of rotatable bonds is 4. The van der Waals surface area contributed by atoms with Gasteiger partial charge in [-0.25, -0.2) is 0 Å². The molecule has 0 radical (unpaired) electrons. The molecule has 0 aliphatic carbocycles. The van der Waals surface area contributed by atoms with Crippen LogP contribution in [0.25, 0.3) is 103 Å². The van der Waals surface area contributed by atoms with Crippen molar-refractivity contribution in [2.75, 3.05) is 0 Å². The molecule has 0 N–H and O–H groups in total. The van der Waals surface area contributed by atoms with Gasteiger partial charge < -0.3 is 8.98 Å². The molecule has 0 atom stereocenters. The number of fused-ring (bicyclic) bond motifs is 9. The fraction of sp³-hybridized carbons (Fsp3) is 0. The lowest BCUT2D eigenvalue weighted by atomic mass is 9.98. The number of para-hydroxylation sites is 3. The number of furan rings is 1. The maximum Gasteiger partial charge on any atom is 0.143 e. The Morgan fingerprint density at radius 3 is 1.80 bits per heavy atom. The van der Waals surface area contributed by atoms with Crippen molar-refractivity contribution in [3.63, 3.8) is 0 Å². The van der Waals surface area contributed by atoms with Gasteiger partial charge in [0.25, 0.3) is 0 Å². The van der Waals surface area contributed by atoms with Crippen LogP contribution in [-0.4, -0.2) is 4.57 Å². The van der Waals surface area contributed by atoms with E-state index in [1.807, 2.05) is 23.5 Å². The molecule has 11 aromatic rings. The Hall–Kier alpha value is -6.42. The topological polar surface area (TPSA) is 18.1 Å². The van der Waals surface area contributed by atoms with Gasteiger partial charge in [-0.3, -0.25) is 0 Å². The number of benzene rings is 8. The van der Waals surface area contributed by atoms with Gasteiger partial charge in [-0.05, 0) is 82.4 Å². The lowest BCUT2D eigenvalue weighted by molar-refractivity contribution is 0.670. The quantitative estimate of drug-likeness (QED) is 0.183. The zero-order valence-electron chi connectivity index (χ0n) is 27.5. The molecule has 0 amide bonds. The highest BCUT2D eigenvalue weighted by Gasteiger charge is 2.15. The highest BCUT2D eigenvalue weighted by molar-refractivity contribution is 7.25. The molecule has 0 aliphatic rings. The molecular weight excluding hydrogens is 639 g/mol. The van der Waals surface area contributed by atoms with Crippen molar-refractivity contribution in [3.8, 4) is 39.1 Å². The van der Waals surface area contributed by atoms with Crippen LogP contribution in [-0.2, 0) is 0 Å². The molecular formula is C48H29NOS. The lowest BCUT2D eigenvalue weighted by Crippen LogP contribution is -1.93. The molecule has 0 spiro atoms. The third-order valence-corrected chi connectivity index (χ3v) is 11.6. The molecule has 0 saturated carbocycles. The number of nitrogens with zero attached hydrogens (tertiary/aromatic N) is 1. The SMILES string of the molecule is c1ccc2c(c1)oc1c(-c3ccc(-c4ccc(-n5c6ccccc6c6cc(-c7ccc8sc9ccccc9c8c7)ccc65)cc4)cc3)cccc12. The van der Waals surface area contributed by atoms with Crippen LogP contribution in [0.1, 0.15) is 0 Å². The molecule has 2 nitrogen and oxygen atoms in total. The molecule has 238 valence electrons. The van der Waals surface area contributed by atoms with Crippen molar-refractivity contribution in [3.05, 3.63) is 176 Å². The first kappa shape index (κ1) is 28.4. The van der Waals surface area contributed by atoms with Gasteiger partial charge in [0.05, 0.1) is 11.0 Å². The molecule has 0 aliphatic heterocycles. The fourth-order valence-electron chi connectivity index (χ4n) is 7.96. The predicted molar refractivity (Wildman–Crippen MR) is 217 cm³/mol. The maximum absolute atomic E-state index is 6.32. The third kappa shape index (κ3) is 4.42. The van der Waals surface area contributed by atoms with E-state index in [0.717, 1.165) is 38.8 Å². The normalized spacial score (nSPS) is 11.9. The van der Waals surface area contributed by atoms with Crippen molar-refractivity contribution in [1.82, 2.24) is 4.57 Å². The molecule has 51 heavy (non-hydrogen) atoms. The molecule has 0 fully saturated rings. The average Bonchev–Trinajstić information content (AvgIpc) is 3.87. The van der Waals surface area contributed by atoms with Gasteiger partial charge in [-0.15, -0.1) is 11.3 Å². The van der Waals surface area contributed by atoms with Gasteiger partial charge in [0.15, 0.2) is 0 Å². The van der Waals surface area contributed by atoms with Gasteiger partial charge in [0.1, 0.15) is 11.2 Å². The van der Waals surface area contributed by atoms with Gasteiger partial charge in [-0.2, -0.15) is 0 Å². The summed E-state index contributed by atoms with van der Waals surface area (Å²) in [6, 6.07) is 63.7. The van der Waals surface area contributed by atoms with E-state index in [1.165, 1.54) is 64.2 Å². The van der Waals surface area contributed by atoms with Gasteiger partial charge in [0.2, 0.25) is 0 Å². The summed E-state index contributed by atoms with van der Waals surface area (Å²) in [6.07, 6.45) is 0. The molecule has 0 saturated heterocycles. The zero-order valence-corrected chi connectivity index (χ0v) is 28.3. The van der Waals surface area contributed by atoms with Gasteiger partial charge in [-0.1, -0.05) is 121 Å². The van der Waals surface area contributed by atoms with Crippen LogP contribution in [0, 0.1) is 0 Å². The fourth-order valence-corrected chi connectivity index (χ4v) is 9.04. The standard InChI is InChI=1S/C48H29NOS/c1-4-13-43-37(8-1)41-28-33(34-23-27-47-42(29-34)39-10-3-6-15-46(39)51-47)22-26-44(41)49(43)35-24-20-31(21-25-35)30-16-18-32(19-17-30)36-11-7-12-40-38-9-2-5-14-45(38)50-48(36)40/h1-29H. The van der Waals surface area contributed by atoms with Crippen LogP contribution < -0.4 is 0 Å². The van der Waals surface area contributed by atoms with Crippen molar-refractivity contribution in [2.24, 2.45) is 0 Å². The first-order valence-electron chi connectivity index (χ1n) is 17.3. The number of thiophene rings is 1. The Morgan fingerprint density at radius 2 is 0.961 bits per heavy atom. The molecule has 8 aromatic carbocycles. The largest absolute Gasteiger partial charge is 0.455 e. The molecule has 3 heterocycles. The van der Waals surface area contributed by atoms with Crippen molar-refractivity contribution >= 4 is 75.3 Å². The third-order valence-electron chi connectivity index (χ3n) is 10.4. The molecule has 0 bridgehead atoms. The highest BCUT2D eigenvalue weighted by atomic mass is 32.1. The molecule has 0 unspecified atom stereocenters. The second kappa shape index (κ2) is 11.0. The lowest BCUT2D eigenvalue weighted by Gasteiger charge is -2.10. The predicted octanol–water partition coefficient (Wildman–Crippen LogP) is 14.1. The van der Waals surface area contributed by atoms with Crippen molar-refractivity contribution in [2.45, 2.75) is 0 Å². The number of hydrogen-bond acceptors (Lipinski definition) is 2. The first-order chi connectivity index (χ1) is 25.3. The van der Waals surface area contributed by atoms with Crippen LogP contribution in [0.15, 0.2) is 180 Å². The Labute approximate surface area is 298 Å². The Bertz CT molecular complexity index is 3120. The summed E-state index contributed by atoms with van der Waals surface area (Å²) in [7, 11) is 0.